The van der Waals surface area contributed by atoms with Crippen molar-refractivity contribution in [1.29, 1.82) is 0 Å². The van der Waals surface area contributed by atoms with Crippen molar-refractivity contribution in [2.75, 3.05) is 20.3 Å². The minimum absolute atomic E-state index is 0.0286. The second-order valence-corrected chi connectivity index (χ2v) is 6.07. The SMILES string of the molecule is COc1ccc(OCCCN)c(C(=O)N[C@@H](C)C2=CCCCC2)c1. The van der Waals surface area contributed by atoms with Gasteiger partial charge in [0.05, 0.1) is 19.3 Å². The Kier molecular flexibility index (Phi) is 7.12. The zero-order chi connectivity index (χ0) is 17.4. The lowest BCUT2D eigenvalue weighted by Gasteiger charge is -2.21. The van der Waals surface area contributed by atoms with E-state index in [9.17, 15) is 4.79 Å². The topological polar surface area (TPSA) is 73.6 Å². The Labute approximate surface area is 144 Å². The smallest absolute Gasteiger partial charge is 0.255 e. The van der Waals surface area contributed by atoms with Gasteiger partial charge in [-0.1, -0.05) is 11.6 Å². The van der Waals surface area contributed by atoms with E-state index in [0.717, 1.165) is 19.3 Å². The fourth-order valence-electron chi connectivity index (χ4n) is 2.83. The van der Waals surface area contributed by atoms with Crippen molar-refractivity contribution in [3.8, 4) is 11.5 Å². The molecule has 0 saturated carbocycles. The Morgan fingerprint density at radius 3 is 2.88 bits per heavy atom. The summed E-state index contributed by atoms with van der Waals surface area (Å²) in [5.74, 6) is 1.05. The van der Waals surface area contributed by atoms with Crippen molar-refractivity contribution >= 4 is 5.91 Å². The molecule has 1 aromatic carbocycles. The van der Waals surface area contributed by atoms with Gasteiger partial charge in [0.25, 0.3) is 5.91 Å². The van der Waals surface area contributed by atoms with Gasteiger partial charge in [0.1, 0.15) is 11.5 Å². The first-order chi connectivity index (χ1) is 11.7. The third kappa shape index (κ3) is 4.99. The van der Waals surface area contributed by atoms with E-state index in [1.165, 1.54) is 18.4 Å². The van der Waals surface area contributed by atoms with Crippen LogP contribution in [0.4, 0.5) is 0 Å². The molecule has 0 spiro atoms. The first-order valence-electron chi connectivity index (χ1n) is 8.66. The minimum Gasteiger partial charge on any atom is -0.497 e. The van der Waals surface area contributed by atoms with E-state index < -0.39 is 0 Å². The maximum absolute atomic E-state index is 12.7. The van der Waals surface area contributed by atoms with Crippen molar-refractivity contribution in [2.24, 2.45) is 5.73 Å². The lowest BCUT2D eigenvalue weighted by Crippen LogP contribution is -2.34. The molecule has 0 unspecified atom stereocenters. The summed E-state index contributed by atoms with van der Waals surface area (Å²) in [6, 6.07) is 5.31. The number of nitrogens with two attached hydrogens (primary N) is 1. The number of allylic oxidation sites excluding steroid dienone is 1. The zero-order valence-corrected chi connectivity index (χ0v) is 14.6. The van der Waals surface area contributed by atoms with Gasteiger partial charge in [-0.3, -0.25) is 4.79 Å². The van der Waals surface area contributed by atoms with Crippen molar-refractivity contribution in [1.82, 2.24) is 5.32 Å². The summed E-state index contributed by atoms with van der Waals surface area (Å²) in [6.07, 6.45) is 7.58. The molecule has 24 heavy (non-hydrogen) atoms. The summed E-state index contributed by atoms with van der Waals surface area (Å²) < 4.78 is 11.0. The highest BCUT2D eigenvalue weighted by Crippen LogP contribution is 2.25. The van der Waals surface area contributed by atoms with Crippen LogP contribution in [0, 0.1) is 0 Å². The first-order valence-corrected chi connectivity index (χ1v) is 8.66. The number of hydrogen-bond acceptors (Lipinski definition) is 4. The van der Waals surface area contributed by atoms with Crippen LogP contribution in [0.25, 0.3) is 0 Å². The number of methoxy groups -OCH3 is 1. The molecule has 1 atom stereocenters. The molecule has 0 aromatic heterocycles. The van der Waals surface area contributed by atoms with Crippen LogP contribution in [0.2, 0.25) is 0 Å². The van der Waals surface area contributed by atoms with Crippen LogP contribution in [0.3, 0.4) is 0 Å². The molecular weight excluding hydrogens is 304 g/mol. The fraction of sp³-hybridized carbons (Fsp3) is 0.526. The molecule has 132 valence electrons. The largest absolute Gasteiger partial charge is 0.497 e. The number of rotatable bonds is 8. The molecule has 5 heteroatoms. The van der Waals surface area contributed by atoms with E-state index in [1.807, 2.05) is 6.92 Å². The van der Waals surface area contributed by atoms with Crippen molar-refractivity contribution in [3.63, 3.8) is 0 Å². The van der Waals surface area contributed by atoms with Gasteiger partial charge in [-0.2, -0.15) is 0 Å². The number of carbonyl (C=O) groups is 1. The number of nitrogens with one attached hydrogen (secondary N) is 1. The highest BCUT2D eigenvalue weighted by Gasteiger charge is 2.19. The van der Waals surface area contributed by atoms with Crippen molar-refractivity contribution in [2.45, 2.75) is 45.1 Å². The molecule has 1 aromatic rings. The Morgan fingerprint density at radius 2 is 2.21 bits per heavy atom. The molecule has 0 aliphatic heterocycles. The van der Waals surface area contributed by atoms with Gasteiger partial charge in [0.15, 0.2) is 0 Å². The molecule has 0 radical (unpaired) electrons. The molecule has 0 bridgehead atoms. The number of amides is 1. The quantitative estimate of drug-likeness (QED) is 0.567. The summed E-state index contributed by atoms with van der Waals surface area (Å²) in [7, 11) is 1.58. The van der Waals surface area contributed by atoms with E-state index in [4.69, 9.17) is 15.2 Å². The van der Waals surface area contributed by atoms with Crippen LogP contribution < -0.4 is 20.5 Å². The van der Waals surface area contributed by atoms with E-state index in [1.54, 1.807) is 25.3 Å². The van der Waals surface area contributed by atoms with E-state index >= 15 is 0 Å². The summed E-state index contributed by atoms with van der Waals surface area (Å²) in [4.78, 5) is 12.7. The molecule has 3 N–H and O–H groups in total. The first kappa shape index (κ1) is 18.3. The number of ether oxygens (including phenoxy) is 2. The minimum atomic E-state index is -0.143. The fourth-order valence-corrected chi connectivity index (χ4v) is 2.83. The molecule has 0 saturated heterocycles. The number of benzene rings is 1. The second kappa shape index (κ2) is 9.33. The van der Waals surface area contributed by atoms with Crippen molar-refractivity contribution in [3.05, 3.63) is 35.4 Å². The highest BCUT2D eigenvalue weighted by atomic mass is 16.5. The zero-order valence-electron chi connectivity index (χ0n) is 14.6. The summed E-state index contributed by atoms with van der Waals surface area (Å²) in [5.41, 5.74) is 7.30. The molecule has 1 aliphatic carbocycles. The molecule has 1 amide bonds. The Bertz CT molecular complexity index is 584. The van der Waals surface area contributed by atoms with E-state index in [-0.39, 0.29) is 11.9 Å². The standard InChI is InChI=1S/C19H28N2O3/c1-14(15-7-4-3-5-8-15)21-19(22)17-13-16(23-2)9-10-18(17)24-12-6-11-20/h7,9-10,13-14H,3-6,8,11-12,20H2,1-2H3,(H,21,22)/t14-/m0/s1. The molecule has 2 rings (SSSR count). The van der Waals surface area contributed by atoms with Gasteiger partial charge in [-0.15, -0.1) is 0 Å². The van der Waals surface area contributed by atoms with E-state index in [2.05, 4.69) is 11.4 Å². The third-order valence-electron chi connectivity index (χ3n) is 4.27. The van der Waals surface area contributed by atoms with Crippen LogP contribution in [0.15, 0.2) is 29.8 Å². The van der Waals surface area contributed by atoms with Crippen molar-refractivity contribution < 1.29 is 14.3 Å². The molecule has 0 fully saturated rings. The Morgan fingerprint density at radius 1 is 1.38 bits per heavy atom. The average Bonchev–Trinajstić information content (AvgIpc) is 2.62. The predicted molar refractivity (Wildman–Crippen MR) is 95.6 cm³/mol. The van der Waals surface area contributed by atoms with Crippen LogP contribution in [0.1, 0.15) is 49.4 Å². The van der Waals surface area contributed by atoms with Gasteiger partial charge in [-0.25, -0.2) is 0 Å². The van der Waals surface area contributed by atoms with Gasteiger partial charge < -0.3 is 20.5 Å². The van der Waals surface area contributed by atoms with Gasteiger partial charge in [0, 0.05) is 6.04 Å². The van der Waals surface area contributed by atoms with Crippen LogP contribution in [-0.4, -0.2) is 32.2 Å². The Balaban J connectivity index is 2.11. The maximum Gasteiger partial charge on any atom is 0.255 e. The molecule has 0 heterocycles. The number of carbonyl (C=O) groups excluding carboxylic acids is 1. The van der Waals surface area contributed by atoms with Gasteiger partial charge in [-0.05, 0) is 63.8 Å². The average molecular weight is 332 g/mol. The van der Waals surface area contributed by atoms with E-state index in [0.29, 0.717) is 30.2 Å². The lowest BCUT2D eigenvalue weighted by atomic mass is 9.94. The summed E-state index contributed by atoms with van der Waals surface area (Å²) in [5, 5.41) is 3.08. The van der Waals surface area contributed by atoms with Crippen LogP contribution in [-0.2, 0) is 0 Å². The maximum atomic E-state index is 12.7. The lowest BCUT2D eigenvalue weighted by molar-refractivity contribution is 0.0940. The second-order valence-electron chi connectivity index (χ2n) is 6.07. The highest BCUT2D eigenvalue weighted by molar-refractivity contribution is 5.97. The van der Waals surface area contributed by atoms with Gasteiger partial charge >= 0.3 is 0 Å². The number of hydrogen-bond donors (Lipinski definition) is 2. The predicted octanol–water partition coefficient (Wildman–Crippen LogP) is 3.04. The molecular formula is C19H28N2O3. The Hall–Kier alpha value is -2.01. The van der Waals surface area contributed by atoms with Gasteiger partial charge in [0.2, 0.25) is 0 Å². The van der Waals surface area contributed by atoms with Crippen LogP contribution >= 0.6 is 0 Å². The summed E-state index contributed by atoms with van der Waals surface area (Å²) in [6.45, 7) is 3.08. The van der Waals surface area contributed by atoms with Crippen LogP contribution in [0.5, 0.6) is 11.5 Å². The molecule has 1 aliphatic rings. The third-order valence-corrected chi connectivity index (χ3v) is 4.27. The monoisotopic (exact) mass is 332 g/mol. The normalized spacial score (nSPS) is 15.4. The summed E-state index contributed by atoms with van der Waals surface area (Å²) >= 11 is 0. The molecule has 5 nitrogen and oxygen atoms in total.